The molecule has 29 heavy (non-hydrogen) atoms. The third-order valence-electron chi connectivity index (χ3n) is 6.28. The van der Waals surface area contributed by atoms with Gasteiger partial charge >= 0.3 is 0 Å². The van der Waals surface area contributed by atoms with Crippen molar-refractivity contribution < 1.29 is 4.42 Å². The van der Waals surface area contributed by atoms with Crippen LogP contribution in [0, 0.1) is 12.8 Å². The van der Waals surface area contributed by atoms with Crippen molar-refractivity contribution >= 4 is 11.3 Å². The molecule has 3 atom stereocenters. The number of hydrogen-bond acceptors (Lipinski definition) is 4. The molecule has 4 rings (SSSR count). The second-order valence-corrected chi connectivity index (χ2v) is 9.66. The van der Waals surface area contributed by atoms with Crippen molar-refractivity contribution in [2.75, 3.05) is 0 Å². The molecule has 0 radical (unpaired) electrons. The van der Waals surface area contributed by atoms with Crippen LogP contribution in [-0.2, 0) is 6.54 Å². The Morgan fingerprint density at radius 2 is 2.24 bits per heavy atom. The van der Waals surface area contributed by atoms with Crippen LogP contribution in [0.4, 0.5) is 0 Å². The molecule has 3 aromatic rings. The molecule has 154 valence electrons. The standard InChI is InChI=1S/C25H32N2OS/c1-18-11-24(29-17-18)15-27-23-7-3-5-20(12-23)9-8-19(2)22-13-25(28-16-22)21-6-4-10-26-14-21/h4,6,10-11,13-14,16-17,19-20,23,27H,3,5,7-9,12,15H2,1-2H3. The Balaban J connectivity index is 1.24. The fourth-order valence-corrected chi connectivity index (χ4v) is 5.31. The monoisotopic (exact) mass is 408 g/mol. The summed E-state index contributed by atoms with van der Waals surface area (Å²) in [6.45, 7) is 5.53. The fraction of sp³-hybridized carbons (Fsp3) is 0.480. The molecule has 3 aromatic heterocycles. The Bertz CT molecular complexity index is 885. The first kappa shape index (κ1) is 20.4. The van der Waals surface area contributed by atoms with Crippen molar-refractivity contribution in [3.05, 3.63) is 64.3 Å². The van der Waals surface area contributed by atoms with Gasteiger partial charge in [-0.3, -0.25) is 4.98 Å². The van der Waals surface area contributed by atoms with Gasteiger partial charge in [-0.25, -0.2) is 0 Å². The van der Waals surface area contributed by atoms with E-state index in [0.717, 1.165) is 23.8 Å². The lowest BCUT2D eigenvalue weighted by atomic mass is 9.81. The highest BCUT2D eigenvalue weighted by Gasteiger charge is 2.22. The molecule has 3 heterocycles. The molecule has 4 heteroatoms. The number of nitrogens with one attached hydrogen (secondary N) is 1. The van der Waals surface area contributed by atoms with Crippen molar-refractivity contribution in [1.29, 1.82) is 0 Å². The first-order valence-electron chi connectivity index (χ1n) is 10.9. The third-order valence-corrected chi connectivity index (χ3v) is 7.33. The maximum atomic E-state index is 5.81. The second kappa shape index (κ2) is 9.73. The molecule has 0 bridgehead atoms. The summed E-state index contributed by atoms with van der Waals surface area (Å²) < 4.78 is 5.81. The normalized spacial score (nSPS) is 20.6. The topological polar surface area (TPSA) is 38.1 Å². The smallest absolute Gasteiger partial charge is 0.135 e. The number of rotatable bonds is 8. The molecule has 0 aliphatic heterocycles. The molecule has 3 unspecified atom stereocenters. The average Bonchev–Trinajstić information content (AvgIpc) is 3.41. The SMILES string of the molecule is Cc1csc(CNC2CCCC(CCC(C)c3coc(-c4cccnc4)c3)C2)c1. The summed E-state index contributed by atoms with van der Waals surface area (Å²) in [6, 6.07) is 9.18. The molecular weight excluding hydrogens is 376 g/mol. The van der Waals surface area contributed by atoms with Gasteiger partial charge in [-0.2, -0.15) is 0 Å². The van der Waals surface area contributed by atoms with Crippen molar-refractivity contribution in [3.63, 3.8) is 0 Å². The lowest BCUT2D eigenvalue weighted by Crippen LogP contribution is -2.33. The molecular formula is C25H32N2OS. The van der Waals surface area contributed by atoms with Crippen LogP contribution >= 0.6 is 11.3 Å². The molecule has 0 spiro atoms. The molecule has 1 fully saturated rings. The van der Waals surface area contributed by atoms with Gasteiger partial charge in [-0.05, 0) is 85.2 Å². The van der Waals surface area contributed by atoms with Crippen LogP contribution in [0.1, 0.15) is 67.4 Å². The van der Waals surface area contributed by atoms with Gasteiger partial charge in [0.25, 0.3) is 0 Å². The highest BCUT2D eigenvalue weighted by Crippen LogP contribution is 2.33. The van der Waals surface area contributed by atoms with E-state index in [0.29, 0.717) is 12.0 Å². The molecule has 1 saturated carbocycles. The minimum atomic E-state index is 0.534. The zero-order valence-corrected chi connectivity index (χ0v) is 18.4. The number of aromatic nitrogens is 1. The van der Waals surface area contributed by atoms with Gasteiger partial charge in [0.2, 0.25) is 0 Å². The predicted molar refractivity (Wildman–Crippen MR) is 121 cm³/mol. The summed E-state index contributed by atoms with van der Waals surface area (Å²) in [7, 11) is 0. The minimum absolute atomic E-state index is 0.534. The Morgan fingerprint density at radius 1 is 1.31 bits per heavy atom. The maximum absolute atomic E-state index is 5.81. The van der Waals surface area contributed by atoms with E-state index in [9.17, 15) is 0 Å². The van der Waals surface area contributed by atoms with E-state index < -0.39 is 0 Å². The van der Waals surface area contributed by atoms with Gasteiger partial charge < -0.3 is 9.73 Å². The van der Waals surface area contributed by atoms with Crippen molar-refractivity contribution in [1.82, 2.24) is 10.3 Å². The first-order chi connectivity index (χ1) is 14.2. The van der Waals surface area contributed by atoms with E-state index >= 15 is 0 Å². The average molecular weight is 409 g/mol. The third kappa shape index (κ3) is 5.58. The van der Waals surface area contributed by atoms with Gasteiger partial charge in [0.05, 0.1) is 6.26 Å². The molecule has 3 nitrogen and oxygen atoms in total. The van der Waals surface area contributed by atoms with Crippen LogP contribution in [0.25, 0.3) is 11.3 Å². The Labute approximate surface area is 178 Å². The van der Waals surface area contributed by atoms with Gasteiger partial charge in [0, 0.05) is 35.4 Å². The zero-order chi connectivity index (χ0) is 20.1. The predicted octanol–water partition coefficient (Wildman–Crippen LogP) is 6.94. The number of aryl methyl sites for hydroxylation is 1. The zero-order valence-electron chi connectivity index (χ0n) is 17.6. The lowest BCUT2D eigenvalue weighted by Gasteiger charge is -2.30. The van der Waals surface area contributed by atoms with Crippen molar-refractivity contribution in [2.24, 2.45) is 5.92 Å². The number of hydrogen-bond donors (Lipinski definition) is 1. The van der Waals surface area contributed by atoms with Gasteiger partial charge in [0.1, 0.15) is 5.76 Å². The molecule has 1 aliphatic carbocycles. The summed E-state index contributed by atoms with van der Waals surface area (Å²) in [6.07, 6.45) is 13.5. The van der Waals surface area contributed by atoms with Gasteiger partial charge in [0.15, 0.2) is 0 Å². The van der Waals surface area contributed by atoms with E-state index in [-0.39, 0.29) is 0 Å². The van der Waals surface area contributed by atoms with Crippen LogP contribution in [-0.4, -0.2) is 11.0 Å². The molecule has 0 saturated heterocycles. The lowest BCUT2D eigenvalue weighted by molar-refractivity contribution is 0.265. The van der Waals surface area contributed by atoms with E-state index in [1.54, 1.807) is 6.20 Å². The second-order valence-electron chi connectivity index (χ2n) is 8.67. The summed E-state index contributed by atoms with van der Waals surface area (Å²) in [5.41, 5.74) is 3.74. The van der Waals surface area contributed by atoms with Crippen molar-refractivity contribution in [2.45, 2.75) is 70.9 Å². The molecule has 1 N–H and O–H groups in total. The van der Waals surface area contributed by atoms with E-state index in [1.807, 2.05) is 35.9 Å². The summed E-state index contributed by atoms with van der Waals surface area (Å²) in [5.74, 6) is 2.30. The molecule has 0 aromatic carbocycles. The summed E-state index contributed by atoms with van der Waals surface area (Å²) in [5, 5.41) is 6.06. The van der Waals surface area contributed by atoms with Crippen LogP contribution in [0.5, 0.6) is 0 Å². The highest BCUT2D eigenvalue weighted by molar-refractivity contribution is 7.10. The Morgan fingerprint density at radius 3 is 3.03 bits per heavy atom. The van der Waals surface area contributed by atoms with E-state index in [2.05, 4.69) is 41.7 Å². The minimum Gasteiger partial charge on any atom is -0.464 e. The fourth-order valence-electron chi connectivity index (χ4n) is 4.49. The largest absolute Gasteiger partial charge is 0.464 e. The highest BCUT2D eigenvalue weighted by atomic mass is 32.1. The van der Waals surface area contributed by atoms with Crippen LogP contribution in [0.2, 0.25) is 0 Å². The van der Waals surface area contributed by atoms with E-state index in [1.165, 1.54) is 54.5 Å². The number of nitrogens with zero attached hydrogens (tertiary/aromatic N) is 1. The Kier molecular flexibility index (Phi) is 6.83. The number of thiophene rings is 1. The molecule has 0 amide bonds. The summed E-state index contributed by atoms with van der Waals surface area (Å²) >= 11 is 1.88. The Hall–Kier alpha value is -1.91. The summed E-state index contributed by atoms with van der Waals surface area (Å²) in [4.78, 5) is 5.65. The maximum Gasteiger partial charge on any atom is 0.135 e. The van der Waals surface area contributed by atoms with E-state index in [4.69, 9.17) is 4.42 Å². The first-order valence-corrected chi connectivity index (χ1v) is 11.8. The molecule has 1 aliphatic rings. The van der Waals surface area contributed by atoms with Gasteiger partial charge in [-0.15, -0.1) is 11.3 Å². The quantitative estimate of drug-likeness (QED) is 0.438. The van der Waals surface area contributed by atoms with Crippen LogP contribution < -0.4 is 5.32 Å². The van der Waals surface area contributed by atoms with Crippen LogP contribution in [0.3, 0.4) is 0 Å². The van der Waals surface area contributed by atoms with Crippen LogP contribution in [0.15, 0.2) is 52.7 Å². The number of pyridine rings is 1. The van der Waals surface area contributed by atoms with Gasteiger partial charge in [-0.1, -0.05) is 19.8 Å². The van der Waals surface area contributed by atoms with Crippen molar-refractivity contribution in [3.8, 4) is 11.3 Å². The number of furan rings is 1.